The molecule has 12 heteroatoms. The number of rotatable bonds is 6. The van der Waals surface area contributed by atoms with Gasteiger partial charge in [0.05, 0.1) is 29.3 Å². The smallest absolute Gasteiger partial charge is 0.449 e. The standard InChI is InChI=1S/C23H24FN5O6/c24-17-12-16-18(29(15-2-3-15)14-20(21(16)30)35-23(32)33)13-19(17)26-6-8-27(9-7-26)22(31)34-11-10-28-5-1-4-25-28/h1,4-5,12-15H,2-3,6-11H2,(H,32,33). The maximum absolute atomic E-state index is 15.1. The summed E-state index contributed by atoms with van der Waals surface area (Å²) < 4.78 is 28.5. The van der Waals surface area contributed by atoms with E-state index < -0.39 is 23.5 Å². The van der Waals surface area contributed by atoms with E-state index in [9.17, 15) is 14.4 Å². The zero-order valence-electron chi connectivity index (χ0n) is 18.8. The van der Waals surface area contributed by atoms with Gasteiger partial charge in [-0.3, -0.25) is 9.48 Å². The van der Waals surface area contributed by atoms with Gasteiger partial charge in [0.25, 0.3) is 0 Å². The molecule has 1 saturated heterocycles. The van der Waals surface area contributed by atoms with Gasteiger partial charge in [-0.15, -0.1) is 0 Å². The van der Waals surface area contributed by atoms with Crippen LogP contribution < -0.4 is 15.1 Å². The highest BCUT2D eigenvalue weighted by molar-refractivity contribution is 5.85. The van der Waals surface area contributed by atoms with Crippen LogP contribution in [0.1, 0.15) is 18.9 Å². The molecule has 0 bridgehead atoms. The third-order valence-electron chi connectivity index (χ3n) is 6.19. The van der Waals surface area contributed by atoms with Gasteiger partial charge in [0.15, 0.2) is 5.75 Å². The molecule has 184 valence electrons. The molecule has 3 aromatic rings. The number of aromatic nitrogens is 3. The number of pyridine rings is 1. The monoisotopic (exact) mass is 485 g/mol. The van der Waals surface area contributed by atoms with Gasteiger partial charge in [0, 0.05) is 44.6 Å². The second kappa shape index (κ2) is 9.28. The molecule has 0 atom stereocenters. The first-order valence-electron chi connectivity index (χ1n) is 11.3. The van der Waals surface area contributed by atoms with Crippen LogP contribution in [0.3, 0.4) is 0 Å². The third-order valence-corrected chi connectivity index (χ3v) is 6.19. The Labute approximate surface area is 198 Å². The van der Waals surface area contributed by atoms with Gasteiger partial charge in [0.2, 0.25) is 5.43 Å². The van der Waals surface area contributed by atoms with E-state index in [0.29, 0.717) is 43.9 Å². The second-order valence-corrected chi connectivity index (χ2v) is 8.51. The van der Waals surface area contributed by atoms with Crippen LogP contribution in [0.4, 0.5) is 19.7 Å². The van der Waals surface area contributed by atoms with E-state index in [1.54, 1.807) is 38.7 Å². The summed E-state index contributed by atoms with van der Waals surface area (Å²) in [4.78, 5) is 39.5. The number of nitrogens with zero attached hydrogens (tertiary/aromatic N) is 5. The summed E-state index contributed by atoms with van der Waals surface area (Å²) in [5.74, 6) is -0.941. The molecule has 35 heavy (non-hydrogen) atoms. The molecule has 11 nitrogen and oxygen atoms in total. The second-order valence-electron chi connectivity index (χ2n) is 8.51. The lowest BCUT2D eigenvalue weighted by molar-refractivity contribution is 0.0961. The lowest BCUT2D eigenvalue weighted by Crippen LogP contribution is -2.49. The fourth-order valence-corrected chi connectivity index (χ4v) is 4.28. The molecular weight excluding hydrogens is 461 g/mol. The highest BCUT2D eigenvalue weighted by Gasteiger charge is 2.29. The van der Waals surface area contributed by atoms with Crippen molar-refractivity contribution >= 4 is 28.8 Å². The summed E-state index contributed by atoms with van der Waals surface area (Å²) in [7, 11) is 0. The molecule has 1 aromatic carbocycles. The minimum absolute atomic E-state index is 0.0660. The number of ether oxygens (including phenoxy) is 2. The quantitative estimate of drug-likeness (QED) is 0.530. The number of carboxylic acid groups (broad SMARTS) is 1. The van der Waals surface area contributed by atoms with Crippen molar-refractivity contribution in [3.63, 3.8) is 0 Å². The van der Waals surface area contributed by atoms with E-state index in [2.05, 4.69) is 9.84 Å². The summed E-state index contributed by atoms with van der Waals surface area (Å²) in [6.07, 6.45) is 4.54. The van der Waals surface area contributed by atoms with E-state index in [1.807, 2.05) is 4.90 Å². The highest BCUT2D eigenvalue weighted by Crippen LogP contribution is 2.39. The van der Waals surface area contributed by atoms with Crippen molar-refractivity contribution in [2.75, 3.05) is 37.7 Å². The molecule has 1 N–H and O–H groups in total. The Kier molecular flexibility index (Phi) is 6.01. The molecule has 3 heterocycles. The van der Waals surface area contributed by atoms with E-state index in [-0.39, 0.29) is 23.8 Å². The molecular formula is C23H24FN5O6. The summed E-state index contributed by atoms with van der Waals surface area (Å²) in [5, 5.41) is 13.1. The number of piperazine rings is 1. The van der Waals surface area contributed by atoms with Crippen LogP contribution in [0.5, 0.6) is 5.75 Å². The zero-order valence-corrected chi connectivity index (χ0v) is 18.8. The first-order chi connectivity index (χ1) is 16.9. The summed E-state index contributed by atoms with van der Waals surface area (Å²) in [6, 6.07) is 4.64. The van der Waals surface area contributed by atoms with Crippen molar-refractivity contribution < 1.29 is 28.6 Å². The number of amides is 1. The van der Waals surface area contributed by atoms with Gasteiger partial charge in [-0.2, -0.15) is 5.10 Å². The van der Waals surface area contributed by atoms with Gasteiger partial charge in [-0.1, -0.05) is 0 Å². The van der Waals surface area contributed by atoms with Gasteiger partial charge in [0.1, 0.15) is 12.4 Å². The topological polar surface area (TPSA) is 119 Å². The lowest BCUT2D eigenvalue weighted by Gasteiger charge is -2.35. The van der Waals surface area contributed by atoms with Gasteiger partial charge in [-0.05, 0) is 31.0 Å². The number of fused-ring (bicyclic) bond motifs is 1. The average molecular weight is 485 g/mol. The summed E-state index contributed by atoms with van der Waals surface area (Å²) in [6.45, 7) is 2.17. The van der Waals surface area contributed by atoms with Crippen LogP contribution in [-0.2, 0) is 11.3 Å². The number of benzene rings is 1. The van der Waals surface area contributed by atoms with Gasteiger partial charge < -0.3 is 28.9 Å². The van der Waals surface area contributed by atoms with E-state index in [1.165, 1.54) is 6.20 Å². The van der Waals surface area contributed by atoms with E-state index in [0.717, 1.165) is 18.9 Å². The van der Waals surface area contributed by atoms with E-state index in [4.69, 9.17) is 9.84 Å². The molecule has 0 spiro atoms. The molecule has 5 rings (SSSR count). The van der Waals surface area contributed by atoms with Crippen molar-refractivity contribution in [2.24, 2.45) is 0 Å². The van der Waals surface area contributed by atoms with Gasteiger partial charge >= 0.3 is 12.2 Å². The van der Waals surface area contributed by atoms with Crippen molar-refractivity contribution in [3.05, 3.63) is 52.8 Å². The number of hydrogen-bond donors (Lipinski definition) is 1. The summed E-state index contributed by atoms with van der Waals surface area (Å²) in [5.41, 5.74) is 0.171. The Hall–Kier alpha value is -4.09. The first-order valence-corrected chi connectivity index (χ1v) is 11.3. The minimum Gasteiger partial charge on any atom is -0.449 e. The Morgan fingerprint density at radius 3 is 2.60 bits per heavy atom. The average Bonchev–Trinajstić information content (AvgIpc) is 3.56. The normalized spacial score (nSPS) is 15.9. The Morgan fingerprint density at radius 2 is 1.94 bits per heavy atom. The maximum atomic E-state index is 15.1. The van der Waals surface area contributed by atoms with Crippen molar-refractivity contribution in [2.45, 2.75) is 25.4 Å². The molecule has 1 aliphatic heterocycles. The number of carbonyl (C=O) groups excluding carboxylic acids is 1. The third kappa shape index (κ3) is 4.77. The van der Waals surface area contributed by atoms with Crippen LogP contribution in [0.25, 0.3) is 10.9 Å². The number of hydrogen-bond acceptors (Lipinski definition) is 7. The molecule has 0 radical (unpaired) electrons. The van der Waals surface area contributed by atoms with Crippen LogP contribution in [0.15, 0.2) is 41.6 Å². The Bertz CT molecular complexity index is 1310. The van der Waals surface area contributed by atoms with Crippen LogP contribution in [0, 0.1) is 5.82 Å². The van der Waals surface area contributed by atoms with Crippen LogP contribution in [-0.4, -0.2) is 69.4 Å². The van der Waals surface area contributed by atoms with Gasteiger partial charge in [-0.25, -0.2) is 14.0 Å². The molecule has 1 saturated carbocycles. The first kappa shape index (κ1) is 22.7. The highest BCUT2D eigenvalue weighted by atomic mass is 19.1. The molecule has 0 unspecified atom stereocenters. The van der Waals surface area contributed by atoms with Crippen molar-refractivity contribution in [1.82, 2.24) is 19.2 Å². The molecule has 1 aliphatic carbocycles. The Morgan fingerprint density at radius 1 is 1.17 bits per heavy atom. The maximum Gasteiger partial charge on any atom is 0.511 e. The lowest BCUT2D eigenvalue weighted by atomic mass is 10.1. The predicted octanol–water partition coefficient (Wildman–Crippen LogP) is 2.69. The van der Waals surface area contributed by atoms with E-state index >= 15 is 4.39 Å². The van der Waals surface area contributed by atoms with Crippen molar-refractivity contribution in [3.8, 4) is 5.75 Å². The van der Waals surface area contributed by atoms with Crippen LogP contribution >= 0.6 is 0 Å². The fourth-order valence-electron chi connectivity index (χ4n) is 4.28. The SMILES string of the molecule is O=C(O)Oc1cn(C2CC2)c2cc(N3CCN(C(=O)OCCn4cccn4)CC3)c(F)cc2c1=O. The molecule has 2 aliphatic rings. The molecule has 2 aromatic heterocycles. The van der Waals surface area contributed by atoms with Crippen LogP contribution in [0.2, 0.25) is 0 Å². The fraction of sp³-hybridized carbons (Fsp3) is 0.391. The van der Waals surface area contributed by atoms with Crippen molar-refractivity contribution in [1.29, 1.82) is 0 Å². The number of halogens is 1. The molecule has 2 fully saturated rings. The zero-order chi connectivity index (χ0) is 24.5. The largest absolute Gasteiger partial charge is 0.511 e. The predicted molar refractivity (Wildman–Crippen MR) is 122 cm³/mol. The Balaban J connectivity index is 1.31. The minimum atomic E-state index is -1.60. The number of anilines is 1. The summed E-state index contributed by atoms with van der Waals surface area (Å²) >= 11 is 0. The number of carbonyl (C=O) groups is 2. The molecule has 1 amide bonds.